The van der Waals surface area contributed by atoms with Crippen LogP contribution in [-0.2, 0) is 0 Å². The Balaban J connectivity index is 1.78. The summed E-state index contributed by atoms with van der Waals surface area (Å²) in [6.45, 7) is 2.02. The molecule has 0 amide bonds. The van der Waals surface area contributed by atoms with Crippen molar-refractivity contribution in [3.8, 4) is 11.4 Å². The molecule has 0 radical (unpaired) electrons. The monoisotopic (exact) mass is 272 g/mol. The molecule has 1 aliphatic rings. The largest absolute Gasteiger partial charge is 0.378 e. The van der Waals surface area contributed by atoms with Crippen molar-refractivity contribution in [3.63, 3.8) is 0 Å². The van der Waals surface area contributed by atoms with Crippen LogP contribution in [0.4, 0.5) is 5.69 Å². The predicted molar refractivity (Wildman–Crippen MR) is 78.9 cm³/mol. The zero-order valence-electron chi connectivity index (χ0n) is 12.0. The van der Waals surface area contributed by atoms with E-state index in [0.29, 0.717) is 11.7 Å². The minimum atomic E-state index is 0.353. The van der Waals surface area contributed by atoms with Crippen LogP contribution in [0.15, 0.2) is 28.8 Å². The van der Waals surface area contributed by atoms with E-state index in [9.17, 15) is 0 Å². The fourth-order valence-corrected chi connectivity index (χ4v) is 2.49. The number of hydrogen-bond acceptors (Lipinski definition) is 5. The molecule has 1 aromatic heterocycles. The highest BCUT2D eigenvalue weighted by Gasteiger charge is 2.21. The quantitative estimate of drug-likeness (QED) is 0.929. The minimum Gasteiger partial charge on any atom is -0.378 e. The lowest BCUT2D eigenvalue weighted by Gasteiger charge is -2.18. The van der Waals surface area contributed by atoms with Crippen LogP contribution in [-0.4, -0.2) is 37.3 Å². The van der Waals surface area contributed by atoms with E-state index in [-0.39, 0.29) is 0 Å². The topological polar surface area (TPSA) is 54.2 Å². The molecule has 106 valence electrons. The Labute approximate surface area is 119 Å². The molecule has 5 nitrogen and oxygen atoms in total. The molecular formula is C15H20N4O. The van der Waals surface area contributed by atoms with E-state index in [1.54, 1.807) is 0 Å². The minimum absolute atomic E-state index is 0.353. The lowest BCUT2D eigenvalue weighted by atomic mass is 10.00. The molecule has 0 aliphatic carbocycles. The summed E-state index contributed by atoms with van der Waals surface area (Å²) in [6, 6.07) is 8.19. The maximum atomic E-state index is 5.42. The second kappa shape index (κ2) is 5.63. The van der Waals surface area contributed by atoms with Crippen LogP contribution in [0.3, 0.4) is 0 Å². The lowest BCUT2D eigenvalue weighted by molar-refractivity contribution is 0.322. The lowest BCUT2D eigenvalue weighted by Crippen LogP contribution is -2.28. The van der Waals surface area contributed by atoms with Gasteiger partial charge in [0.25, 0.3) is 0 Å². The molecule has 1 unspecified atom stereocenters. The summed E-state index contributed by atoms with van der Waals surface area (Å²) in [7, 11) is 4.05. The van der Waals surface area contributed by atoms with Crippen LogP contribution in [0.2, 0.25) is 0 Å². The molecule has 1 fully saturated rings. The van der Waals surface area contributed by atoms with E-state index < -0.39 is 0 Å². The summed E-state index contributed by atoms with van der Waals surface area (Å²) in [5.41, 5.74) is 2.16. The molecule has 1 aliphatic heterocycles. The van der Waals surface area contributed by atoms with Crippen LogP contribution < -0.4 is 10.2 Å². The van der Waals surface area contributed by atoms with Crippen molar-refractivity contribution in [2.24, 2.45) is 0 Å². The molecule has 0 saturated carbocycles. The molecule has 1 atom stereocenters. The molecule has 0 spiro atoms. The van der Waals surface area contributed by atoms with Crippen LogP contribution in [0.5, 0.6) is 0 Å². The van der Waals surface area contributed by atoms with Crippen LogP contribution in [0, 0.1) is 0 Å². The number of nitrogens with zero attached hydrogens (tertiary/aromatic N) is 3. The van der Waals surface area contributed by atoms with Gasteiger partial charge in [-0.2, -0.15) is 4.98 Å². The molecular weight excluding hydrogens is 252 g/mol. The summed E-state index contributed by atoms with van der Waals surface area (Å²) >= 11 is 0. The molecule has 1 aromatic carbocycles. The summed E-state index contributed by atoms with van der Waals surface area (Å²) in [5.74, 6) is 1.78. The average molecular weight is 272 g/mol. The van der Waals surface area contributed by atoms with Crippen molar-refractivity contribution in [1.82, 2.24) is 15.5 Å². The summed E-state index contributed by atoms with van der Waals surface area (Å²) in [5, 5.41) is 7.48. The van der Waals surface area contributed by atoms with E-state index in [4.69, 9.17) is 4.52 Å². The summed E-state index contributed by atoms with van der Waals surface area (Å²) in [6.07, 6.45) is 2.29. The van der Waals surface area contributed by atoms with Gasteiger partial charge < -0.3 is 14.7 Å². The normalized spacial score (nSPS) is 19.0. The van der Waals surface area contributed by atoms with Crippen molar-refractivity contribution < 1.29 is 4.52 Å². The maximum absolute atomic E-state index is 5.42. The van der Waals surface area contributed by atoms with Crippen LogP contribution in [0.1, 0.15) is 24.7 Å². The molecule has 1 N–H and O–H groups in total. The van der Waals surface area contributed by atoms with Gasteiger partial charge in [-0.15, -0.1) is 0 Å². The first-order valence-corrected chi connectivity index (χ1v) is 7.06. The molecule has 0 bridgehead atoms. The van der Waals surface area contributed by atoms with E-state index in [1.165, 1.54) is 6.42 Å². The van der Waals surface area contributed by atoms with Crippen molar-refractivity contribution >= 4 is 5.69 Å². The van der Waals surface area contributed by atoms with Gasteiger partial charge in [0.2, 0.25) is 11.7 Å². The third-order valence-corrected chi connectivity index (χ3v) is 3.73. The number of nitrogens with one attached hydrogen (secondary N) is 1. The van der Waals surface area contributed by atoms with Gasteiger partial charge in [0.15, 0.2) is 0 Å². The van der Waals surface area contributed by atoms with Gasteiger partial charge in [-0.3, -0.25) is 0 Å². The highest BCUT2D eigenvalue weighted by Crippen LogP contribution is 2.25. The molecule has 1 saturated heterocycles. The first-order chi connectivity index (χ1) is 9.74. The molecule has 20 heavy (non-hydrogen) atoms. The number of aromatic nitrogens is 2. The SMILES string of the molecule is CN(C)c1ccc(-c2noc(C3CCCNC3)n2)cc1. The Hall–Kier alpha value is -1.88. The zero-order chi connectivity index (χ0) is 13.9. The van der Waals surface area contributed by atoms with E-state index in [2.05, 4.69) is 32.5 Å². The van der Waals surface area contributed by atoms with Gasteiger partial charge in [-0.05, 0) is 43.7 Å². The maximum Gasteiger partial charge on any atom is 0.231 e. The second-order valence-corrected chi connectivity index (χ2v) is 5.44. The predicted octanol–water partition coefficient (Wildman–Crippen LogP) is 2.27. The van der Waals surface area contributed by atoms with Crippen LogP contribution >= 0.6 is 0 Å². The highest BCUT2D eigenvalue weighted by atomic mass is 16.5. The molecule has 2 heterocycles. The van der Waals surface area contributed by atoms with Gasteiger partial charge in [-0.25, -0.2) is 0 Å². The van der Waals surface area contributed by atoms with E-state index in [0.717, 1.165) is 36.7 Å². The van der Waals surface area contributed by atoms with Gasteiger partial charge in [-0.1, -0.05) is 5.16 Å². The van der Waals surface area contributed by atoms with Gasteiger partial charge in [0, 0.05) is 31.9 Å². The Bertz CT molecular complexity index is 556. The molecule has 5 heteroatoms. The number of piperidine rings is 1. The third-order valence-electron chi connectivity index (χ3n) is 3.73. The Morgan fingerprint density at radius 1 is 1.25 bits per heavy atom. The molecule has 2 aromatic rings. The van der Waals surface area contributed by atoms with Crippen molar-refractivity contribution in [1.29, 1.82) is 0 Å². The Morgan fingerprint density at radius 2 is 2.05 bits per heavy atom. The van der Waals surface area contributed by atoms with Gasteiger partial charge in [0.1, 0.15) is 0 Å². The fraction of sp³-hybridized carbons (Fsp3) is 0.467. The van der Waals surface area contributed by atoms with E-state index in [1.807, 2.05) is 26.2 Å². The van der Waals surface area contributed by atoms with Gasteiger partial charge in [0.05, 0.1) is 5.92 Å². The summed E-state index contributed by atoms with van der Waals surface area (Å²) in [4.78, 5) is 6.62. The Kier molecular flexibility index (Phi) is 3.69. The highest BCUT2D eigenvalue weighted by molar-refractivity contribution is 5.59. The number of anilines is 1. The second-order valence-electron chi connectivity index (χ2n) is 5.44. The van der Waals surface area contributed by atoms with Crippen molar-refractivity contribution in [2.45, 2.75) is 18.8 Å². The first kappa shape index (κ1) is 13.1. The molecule has 3 rings (SSSR count). The number of hydrogen-bond donors (Lipinski definition) is 1. The number of rotatable bonds is 3. The average Bonchev–Trinajstić information content (AvgIpc) is 2.98. The fourth-order valence-electron chi connectivity index (χ4n) is 2.49. The van der Waals surface area contributed by atoms with Crippen LogP contribution in [0.25, 0.3) is 11.4 Å². The smallest absolute Gasteiger partial charge is 0.231 e. The number of benzene rings is 1. The first-order valence-electron chi connectivity index (χ1n) is 7.06. The van der Waals surface area contributed by atoms with Crippen molar-refractivity contribution in [2.75, 3.05) is 32.1 Å². The standard InChI is InChI=1S/C15H20N4O/c1-19(2)13-7-5-11(6-8-13)14-17-15(20-18-14)12-4-3-9-16-10-12/h5-8,12,16H,3-4,9-10H2,1-2H3. The third kappa shape index (κ3) is 2.67. The van der Waals surface area contributed by atoms with E-state index >= 15 is 0 Å². The zero-order valence-corrected chi connectivity index (χ0v) is 12.0. The summed E-state index contributed by atoms with van der Waals surface area (Å²) < 4.78 is 5.42. The van der Waals surface area contributed by atoms with Crippen molar-refractivity contribution in [3.05, 3.63) is 30.2 Å². The van der Waals surface area contributed by atoms with Gasteiger partial charge >= 0.3 is 0 Å². The Morgan fingerprint density at radius 3 is 2.70 bits per heavy atom.